The van der Waals surface area contributed by atoms with E-state index in [1.165, 1.54) is 0 Å². The van der Waals surface area contributed by atoms with Crippen molar-refractivity contribution < 1.29 is 4.74 Å². The van der Waals surface area contributed by atoms with Gasteiger partial charge in [-0.15, -0.1) is 0 Å². The predicted octanol–water partition coefficient (Wildman–Crippen LogP) is 2.25. The average Bonchev–Trinajstić information content (AvgIpc) is 2.45. The summed E-state index contributed by atoms with van der Waals surface area (Å²) in [7, 11) is 4.05. The molecule has 1 aromatic rings. The highest BCUT2D eigenvalue weighted by Crippen LogP contribution is 2.25. The first-order valence-electron chi connectivity index (χ1n) is 7.54. The smallest absolute Gasteiger partial charge is 0.222 e. The van der Waals surface area contributed by atoms with Gasteiger partial charge in [0.05, 0.1) is 5.56 Å². The summed E-state index contributed by atoms with van der Waals surface area (Å²) in [6.07, 6.45) is 4.34. The van der Waals surface area contributed by atoms with Crippen LogP contribution in [0.2, 0.25) is 0 Å². The summed E-state index contributed by atoms with van der Waals surface area (Å²) in [5.41, 5.74) is 1.01. The van der Waals surface area contributed by atoms with Gasteiger partial charge in [0.15, 0.2) is 0 Å². The number of aryl methyl sites for hydroxylation is 1. The fourth-order valence-electron chi connectivity index (χ4n) is 2.49. The molecule has 20 heavy (non-hydrogen) atoms. The van der Waals surface area contributed by atoms with Crippen LogP contribution >= 0.6 is 0 Å². The van der Waals surface area contributed by atoms with Crippen LogP contribution in [-0.2, 0) is 6.42 Å². The van der Waals surface area contributed by atoms with Crippen LogP contribution in [0.25, 0.3) is 0 Å². The lowest BCUT2D eigenvalue weighted by atomic mass is 10.1. The number of ether oxygens (including phenoxy) is 1. The Morgan fingerprint density at radius 2 is 2.00 bits per heavy atom. The molecule has 0 aromatic carbocycles. The van der Waals surface area contributed by atoms with Gasteiger partial charge in [-0.1, -0.05) is 6.92 Å². The highest BCUT2D eigenvalue weighted by atomic mass is 16.5. The first-order chi connectivity index (χ1) is 9.63. The lowest BCUT2D eigenvalue weighted by molar-refractivity contribution is 0.109. The van der Waals surface area contributed by atoms with Gasteiger partial charge in [0.1, 0.15) is 17.7 Å². The Kier molecular flexibility index (Phi) is 5.17. The van der Waals surface area contributed by atoms with Crippen molar-refractivity contribution in [3.05, 3.63) is 11.4 Å². The minimum Gasteiger partial charge on any atom is -0.474 e. The monoisotopic (exact) mass is 278 g/mol. The molecule has 1 aliphatic rings. The summed E-state index contributed by atoms with van der Waals surface area (Å²) in [4.78, 5) is 11.5. The largest absolute Gasteiger partial charge is 0.474 e. The van der Waals surface area contributed by atoms with Crippen LogP contribution in [0.4, 0.5) is 5.82 Å². The topological polar surface area (TPSA) is 50.3 Å². The summed E-state index contributed by atoms with van der Waals surface area (Å²) in [6, 6.07) is 0. The second kappa shape index (κ2) is 6.88. The third-order valence-electron chi connectivity index (χ3n) is 3.80. The molecule has 5 nitrogen and oxygen atoms in total. The van der Waals surface area contributed by atoms with Crippen LogP contribution in [-0.4, -0.2) is 48.2 Å². The van der Waals surface area contributed by atoms with Gasteiger partial charge >= 0.3 is 0 Å². The maximum absolute atomic E-state index is 6.15. The van der Waals surface area contributed by atoms with Crippen molar-refractivity contribution >= 4 is 5.82 Å². The standard InChI is InChI=1S/C15H26N4O/c1-5-6-13-17-14(16-3)11(2)15(18-13)20-12-7-9-19(4)10-8-12/h12H,5-10H2,1-4H3,(H,16,17,18). The molecule has 0 bridgehead atoms. The number of hydrogen-bond donors (Lipinski definition) is 1. The second-order valence-electron chi connectivity index (χ2n) is 5.54. The molecule has 1 N–H and O–H groups in total. The first kappa shape index (κ1) is 15.0. The van der Waals surface area contributed by atoms with E-state index in [4.69, 9.17) is 4.74 Å². The summed E-state index contributed by atoms with van der Waals surface area (Å²) < 4.78 is 6.15. The molecule has 0 amide bonds. The van der Waals surface area contributed by atoms with Gasteiger partial charge in [-0.05, 0) is 33.2 Å². The third kappa shape index (κ3) is 3.60. The van der Waals surface area contributed by atoms with Gasteiger partial charge in [0.2, 0.25) is 5.88 Å². The first-order valence-corrected chi connectivity index (χ1v) is 7.54. The number of aromatic nitrogens is 2. The number of anilines is 1. The Labute approximate surface area is 121 Å². The minimum atomic E-state index is 0.277. The van der Waals surface area contributed by atoms with Crippen LogP contribution in [0.15, 0.2) is 0 Å². The molecule has 0 saturated carbocycles. The van der Waals surface area contributed by atoms with E-state index < -0.39 is 0 Å². The molecule has 1 aromatic heterocycles. The second-order valence-corrected chi connectivity index (χ2v) is 5.54. The molecular formula is C15H26N4O. The lowest BCUT2D eigenvalue weighted by Gasteiger charge is -2.29. The van der Waals surface area contributed by atoms with Gasteiger partial charge in [0, 0.05) is 26.6 Å². The Hall–Kier alpha value is -1.36. The van der Waals surface area contributed by atoms with Crippen molar-refractivity contribution in [3.8, 4) is 5.88 Å². The molecule has 112 valence electrons. The average molecular weight is 278 g/mol. The predicted molar refractivity (Wildman–Crippen MR) is 81.5 cm³/mol. The SMILES string of the molecule is CCCc1nc(NC)c(C)c(OC2CCN(C)CC2)n1. The lowest BCUT2D eigenvalue weighted by Crippen LogP contribution is -2.36. The van der Waals surface area contributed by atoms with Crippen molar-refractivity contribution in [3.63, 3.8) is 0 Å². The number of nitrogens with zero attached hydrogens (tertiary/aromatic N) is 3. The molecule has 1 aliphatic heterocycles. The summed E-state index contributed by atoms with van der Waals surface area (Å²) in [5, 5.41) is 3.14. The quantitative estimate of drug-likeness (QED) is 0.895. The Bertz CT molecular complexity index is 442. The normalized spacial score (nSPS) is 17.2. The van der Waals surface area contributed by atoms with Crippen molar-refractivity contribution in [2.75, 3.05) is 32.5 Å². The number of hydrogen-bond acceptors (Lipinski definition) is 5. The molecule has 0 spiro atoms. The summed E-state index contributed by atoms with van der Waals surface area (Å²) in [6.45, 7) is 6.34. The van der Waals surface area contributed by atoms with E-state index in [0.29, 0.717) is 0 Å². The molecular weight excluding hydrogens is 252 g/mol. The maximum atomic E-state index is 6.15. The van der Waals surface area contributed by atoms with Gasteiger partial charge in [0.25, 0.3) is 0 Å². The summed E-state index contributed by atoms with van der Waals surface area (Å²) >= 11 is 0. The number of piperidine rings is 1. The Morgan fingerprint density at radius 3 is 2.60 bits per heavy atom. The van der Waals surface area contributed by atoms with Crippen LogP contribution in [0, 0.1) is 6.92 Å². The third-order valence-corrected chi connectivity index (χ3v) is 3.80. The van der Waals surface area contributed by atoms with Crippen molar-refractivity contribution in [1.29, 1.82) is 0 Å². The molecule has 2 rings (SSSR count). The maximum Gasteiger partial charge on any atom is 0.222 e. The molecule has 0 aliphatic carbocycles. The number of likely N-dealkylation sites (tertiary alicyclic amines) is 1. The summed E-state index contributed by atoms with van der Waals surface area (Å²) in [5.74, 6) is 2.50. The molecule has 0 unspecified atom stereocenters. The van der Waals surface area contributed by atoms with E-state index in [9.17, 15) is 0 Å². The van der Waals surface area contributed by atoms with Gasteiger partial charge in [-0.25, -0.2) is 4.98 Å². The van der Waals surface area contributed by atoms with E-state index in [1.807, 2.05) is 14.0 Å². The fraction of sp³-hybridized carbons (Fsp3) is 0.733. The van der Waals surface area contributed by atoms with Gasteiger partial charge in [-0.2, -0.15) is 4.98 Å². The molecule has 1 fully saturated rings. The van der Waals surface area contributed by atoms with E-state index in [-0.39, 0.29) is 6.10 Å². The van der Waals surface area contributed by atoms with E-state index in [0.717, 1.165) is 61.9 Å². The zero-order valence-electron chi connectivity index (χ0n) is 13.1. The number of nitrogens with one attached hydrogen (secondary N) is 1. The molecule has 5 heteroatoms. The minimum absolute atomic E-state index is 0.277. The van der Waals surface area contributed by atoms with E-state index in [2.05, 4.69) is 34.2 Å². The zero-order chi connectivity index (χ0) is 14.5. The van der Waals surface area contributed by atoms with Crippen LogP contribution in [0.5, 0.6) is 5.88 Å². The van der Waals surface area contributed by atoms with E-state index in [1.54, 1.807) is 0 Å². The molecule has 0 atom stereocenters. The fourth-order valence-corrected chi connectivity index (χ4v) is 2.49. The number of rotatable bonds is 5. The van der Waals surface area contributed by atoms with Crippen LogP contribution < -0.4 is 10.1 Å². The van der Waals surface area contributed by atoms with Crippen LogP contribution in [0.3, 0.4) is 0 Å². The van der Waals surface area contributed by atoms with E-state index >= 15 is 0 Å². The highest BCUT2D eigenvalue weighted by Gasteiger charge is 2.20. The van der Waals surface area contributed by atoms with Crippen molar-refractivity contribution in [2.24, 2.45) is 0 Å². The van der Waals surface area contributed by atoms with Crippen molar-refractivity contribution in [1.82, 2.24) is 14.9 Å². The molecule has 1 saturated heterocycles. The molecule has 0 radical (unpaired) electrons. The van der Waals surface area contributed by atoms with Gasteiger partial charge in [-0.3, -0.25) is 0 Å². The van der Waals surface area contributed by atoms with Gasteiger partial charge < -0.3 is 15.0 Å². The zero-order valence-corrected chi connectivity index (χ0v) is 13.1. The highest BCUT2D eigenvalue weighted by molar-refractivity contribution is 5.48. The molecule has 2 heterocycles. The Balaban J connectivity index is 2.14. The van der Waals surface area contributed by atoms with Crippen molar-refractivity contribution in [2.45, 2.75) is 45.6 Å². The Morgan fingerprint density at radius 1 is 1.30 bits per heavy atom. The van der Waals surface area contributed by atoms with Crippen LogP contribution in [0.1, 0.15) is 37.6 Å².